The number of nitrogens with zero attached hydrogens (tertiary/aromatic N) is 4. The van der Waals surface area contributed by atoms with Gasteiger partial charge in [0, 0.05) is 50.2 Å². The third kappa shape index (κ3) is 7.35. The molecule has 1 atom stereocenters. The Labute approximate surface area is 297 Å². The molecule has 2 aliphatic heterocycles. The van der Waals surface area contributed by atoms with Crippen molar-refractivity contribution in [2.24, 2.45) is 7.05 Å². The van der Waals surface area contributed by atoms with E-state index in [2.05, 4.69) is 15.2 Å². The number of fused-ring (bicyclic) bond motifs is 3. The van der Waals surface area contributed by atoms with E-state index in [1.165, 1.54) is 56.7 Å². The first-order valence-corrected chi connectivity index (χ1v) is 17.4. The normalized spacial score (nSPS) is 17.2. The molecule has 1 aliphatic carbocycles. The van der Waals surface area contributed by atoms with Crippen LogP contribution in [0.15, 0.2) is 70.5 Å². The quantitative estimate of drug-likeness (QED) is 0.198. The van der Waals surface area contributed by atoms with E-state index in [9.17, 15) is 18.8 Å². The second-order valence-corrected chi connectivity index (χ2v) is 13.0. The molecular formula is C37H37ClFN5O7. The lowest BCUT2D eigenvalue weighted by molar-refractivity contribution is 0.102. The standard InChI is InChI=1S/C37H37ClFN5O7/c1-42-22-26(36(46)44(37(42)47)24-8-6-23(39)7-9-24)35(45)41-28-11-10-25(20-27(28)38)51-30-12-13-40-29-21-31(33-34(32(29)30)50-19-18-49-33)48-17-5-16-43-14-3-2-4-15-43/h6,8-13,20-23H,2-5,7,14-19H2,1H3,(H,41,45). The van der Waals surface area contributed by atoms with Crippen LogP contribution in [0.2, 0.25) is 5.02 Å². The molecule has 12 nitrogen and oxygen atoms in total. The smallest absolute Gasteiger partial charge is 0.335 e. The lowest BCUT2D eigenvalue weighted by atomic mass is 10.1. The second-order valence-electron chi connectivity index (χ2n) is 12.6. The molecule has 1 unspecified atom stereocenters. The molecule has 0 radical (unpaired) electrons. The summed E-state index contributed by atoms with van der Waals surface area (Å²) in [6.45, 7) is 4.52. The van der Waals surface area contributed by atoms with Gasteiger partial charge in [-0.1, -0.05) is 24.1 Å². The predicted molar refractivity (Wildman–Crippen MR) is 191 cm³/mol. The highest BCUT2D eigenvalue weighted by Crippen LogP contribution is 2.48. The van der Waals surface area contributed by atoms with E-state index in [-0.39, 0.29) is 28.4 Å². The van der Waals surface area contributed by atoms with E-state index >= 15 is 0 Å². The van der Waals surface area contributed by atoms with Gasteiger partial charge < -0.3 is 33.7 Å². The minimum atomic E-state index is -1.21. The lowest BCUT2D eigenvalue weighted by Gasteiger charge is -2.26. The third-order valence-corrected chi connectivity index (χ3v) is 9.28. The molecule has 3 aliphatic rings. The van der Waals surface area contributed by atoms with Crippen molar-refractivity contribution in [1.82, 2.24) is 19.0 Å². The summed E-state index contributed by atoms with van der Waals surface area (Å²) in [6.07, 6.45) is 10.3. The molecule has 0 spiro atoms. The van der Waals surface area contributed by atoms with Gasteiger partial charge in [-0.2, -0.15) is 0 Å². The topological polar surface area (TPSA) is 126 Å². The van der Waals surface area contributed by atoms with Crippen LogP contribution in [0.4, 0.5) is 10.1 Å². The molecule has 14 heteroatoms. The zero-order valence-electron chi connectivity index (χ0n) is 28.0. The van der Waals surface area contributed by atoms with Crippen molar-refractivity contribution in [2.45, 2.75) is 38.3 Å². The maximum Gasteiger partial charge on any atom is 0.335 e. The van der Waals surface area contributed by atoms with Gasteiger partial charge in [0.2, 0.25) is 5.75 Å². The summed E-state index contributed by atoms with van der Waals surface area (Å²) in [4.78, 5) is 46.4. The molecule has 0 bridgehead atoms. The Morgan fingerprint density at radius 3 is 2.65 bits per heavy atom. The van der Waals surface area contributed by atoms with E-state index in [1.807, 2.05) is 6.07 Å². The highest BCUT2D eigenvalue weighted by atomic mass is 35.5. The maximum atomic E-state index is 13.6. The number of hydrogen-bond acceptors (Lipinski definition) is 9. The maximum absolute atomic E-state index is 13.6. The van der Waals surface area contributed by atoms with E-state index in [4.69, 9.17) is 30.5 Å². The number of rotatable bonds is 10. The van der Waals surface area contributed by atoms with E-state index < -0.39 is 23.3 Å². The minimum absolute atomic E-state index is 0.00887. The number of pyridine rings is 1. The van der Waals surface area contributed by atoms with Crippen molar-refractivity contribution in [1.29, 1.82) is 0 Å². The molecule has 2 aromatic heterocycles. The number of benzene rings is 2. The van der Waals surface area contributed by atoms with Crippen LogP contribution in [0.1, 0.15) is 42.5 Å². The van der Waals surface area contributed by atoms with Crippen molar-refractivity contribution >= 4 is 39.8 Å². The summed E-state index contributed by atoms with van der Waals surface area (Å²) in [7, 11) is 1.42. The molecule has 266 valence electrons. The number of ether oxygens (including phenoxy) is 4. The van der Waals surface area contributed by atoms with Gasteiger partial charge in [-0.3, -0.25) is 14.6 Å². The van der Waals surface area contributed by atoms with Crippen LogP contribution in [0.3, 0.4) is 0 Å². The number of likely N-dealkylation sites (tertiary alicyclic amines) is 1. The number of aromatic nitrogens is 3. The Morgan fingerprint density at radius 2 is 1.88 bits per heavy atom. The van der Waals surface area contributed by atoms with Crippen LogP contribution in [-0.4, -0.2) is 70.6 Å². The first kappa shape index (κ1) is 34.3. The molecule has 7 rings (SSSR count). The Balaban J connectivity index is 1.09. The number of allylic oxidation sites excluding steroid dienone is 4. The van der Waals surface area contributed by atoms with E-state index in [1.54, 1.807) is 18.3 Å². The molecule has 51 heavy (non-hydrogen) atoms. The number of hydrogen-bond donors (Lipinski definition) is 1. The monoisotopic (exact) mass is 717 g/mol. The molecule has 2 aromatic carbocycles. The molecule has 0 saturated carbocycles. The van der Waals surface area contributed by atoms with Gasteiger partial charge in [-0.15, -0.1) is 0 Å². The summed E-state index contributed by atoms with van der Waals surface area (Å²) < 4.78 is 40.2. The van der Waals surface area contributed by atoms with Crippen LogP contribution >= 0.6 is 11.6 Å². The zero-order chi connectivity index (χ0) is 35.5. The fraction of sp³-hybridized carbons (Fsp3) is 0.351. The van der Waals surface area contributed by atoms with Gasteiger partial charge in [-0.05, 0) is 62.7 Å². The van der Waals surface area contributed by atoms with Gasteiger partial charge in [0.1, 0.15) is 36.4 Å². The number of aryl methyl sites for hydroxylation is 1. The van der Waals surface area contributed by atoms with Gasteiger partial charge in [0.15, 0.2) is 11.5 Å². The Bertz CT molecular complexity index is 2160. The number of carbonyl (C=O) groups is 1. The number of halogens is 2. The molecule has 1 amide bonds. The summed E-state index contributed by atoms with van der Waals surface area (Å²) in [5.41, 5.74) is -0.808. The highest BCUT2D eigenvalue weighted by molar-refractivity contribution is 6.34. The number of piperidine rings is 1. The summed E-state index contributed by atoms with van der Waals surface area (Å²) in [6, 6.07) is 8.21. The second kappa shape index (κ2) is 15.0. The van der Waals surface area contributed by atoms with E-state index in [0.717, 1.165) is 41.4 Å². The van der Waals surface area contributed by atoms with Gasteiger partial charge in [-0.25, -0.2) is 13.8 Å². The first-order chi connectivity index (χ1) is 24.8. The van der Waals surface area contributed by atoms with Gasteiger partial charge >= 0.3 is 5.69 Å². The molecule has 1 saturated heterocycles. The van der Waals surface area contributed by atoms with Crippen LogP contribution < -0.4 is 35.5 Å². The van der Waals surface area contributed by atoms with Crippen molar-refractivity contribution in [3.8, 4) is 28.7 Å². The fourth-order valence-electron chi connectivity index (χ4n) is 6.40. The Morgan fingerprint density at radius 1 is 1.08 bits per heavy atom. The number of carbonyl (C=O) groups excluding carboxylic acids is 1. The lowest BCUT2D eigenvalue weighted by Crippen LogP contribution is -2.41. The predicted octanol–water partition coefficient (Wildman–Crippen LogP) is 5.96. The van der Waals surface area contributed by atoms with Crippen molar-refractivity contribution in [3.05, 3.63) is 92.4 Å². The first-order valence-electron chi connectivity index (χ1n) is 17.0. The fourth-order valence-corrected chi connectivity index (χ4v) is 6.62. The summed E-state index contributed by atoms with van der Waals surface area (Å²) in [5.74, 6) is 1.57. The van der Waals surface area contributed by atoms with Crippen LogP contribution in [0.5, 0.6) is 28.7 Å². The molecule has 4 heterocycles. The summed E-state index contributed by atoms with van der Waals surface area (Å²) in [5, 5.41) is 3.39. The SMILES string of the molecule is Cn1cc(C(=O)Nc2ccc(Oc3ccnc4cc(OCCCN5CCCCC5)c5c(c34)OCCO5)cc2Cl)c(=O)n(C2=CCC(F)C=C2)c1=O. The average Bonchev–Trinajstić information content (AvgIpc) is 3.14. The van der Waals surface area contributed by atoms with Crippen molar-refractivity contribution in [3.63, 3.8) is 0 Å². The largest absolute Gasteiger partial charge is 0.489 e. The minimum Gasteiger partial charge on any atom is -0.489 e. The van der Waals surface area contributed by atoms with Crippen molar-refractivity contribution < 1.29 is 28.1 Å². The van der Waals surface area contributed by atoms with Crippen molar-refractivity contribution in [2.75, 3.05) is 44.8 Å². The number of amides is 1. The average molecular weight is 718 g/mol. The van der Waals surface area contributed by atoms with Crippen LogP contribution in [0, 0.1) is 0 Å². The highest BCUT2D eigenvalue weighted by Gasteiger charge is 2.25. The Kier molecular flexibility index (Phi) is 10.1. The number of anilines is 1. The third-order valence-electron chi connectivity index (χ3n) is 8.96. The van der Waals surface area contributed by atoms with Crippen LogP contribution in [-0.2, 0) is 7.05 Å². The van der Waals surface area contributed by atoms with Gasteiger partial charge in [0.25, 0.3) is 11.5 Å². The zero-order valence-corrected chi connectivity index (χ0v) is 28.8. The molecule has 4 aromatic rings. The summed E-state index contributed by atoms with van der Waals surface area (Å²) >= 11 is 6.59. The number of alkyl halides is 1. The number of nitrogens with one attached hydrogen (secondary N) is 1. The van der Waals surface area contributed by atoms with E-state index in [0.29, 0.717) is 59.5 Å². The molecule has 1 fully saturated rings. The van der Waals surface area contributed by atoms with Gasteiger partial charge in [0.05, 0.1) is 28.2 Å². The molecule has 1 N–H and O–H groups in total. The Hall–Kier alpha value is -5.14. The molecular weight excluding hydrogens is 681 g/mol. The van der Waals surface area contributed by atoms with Crippen LogP contribution in [0.25, 0.3) is 16.6 Å².